The number of aromatic hydroxyl groups is 1. The summed E-state index contributed by atoms with van der Waals surface area (Å²) in [4.78, 5) is 11.8. The maximum Gasteiger partial charge on any atom is 0.271 e. The number of rotatable bonds is 4. The first-order valence-corrected chi connectivity index (χ1v) is 6.96. The molecule has 0 heterocycles. The van der Waals surface area contributed by atoms with E-state index in [4.69, 9.17) is 4.74 Å². The minimum atomic E-state index is -0.467. The average molecular weight is 367 g/mol. The monoisotopic (exact) mass is 366 g/mol. The highest BCUT2D eigenvalue weighted by Gasteiger charge is 2.07. The van der Waals surface area contributed by atoms with E-state index in [0.717, 1.165) is 0 Å². The van der Waals surface area contributed by atoms with Gasteiger partial charge in [-0.25, -0.2) is 9.82 Å². The Hall–Kier alpha value is -2.41. The maximum atomic E-state index is 12.8. The molecule has 0 saturated heterocycles. The highest BCUT2D eigenvalue weighted by atomic mass is 79.9. The molecule has 0 fully saturated rings. The van der Waals surface area contributed by atoms with Crippen molar-refractivity contribution in [3.63, 3.8) is 0 Å². The van der Waals surface area contributed by atoms with Crippen LogP contribution in [0.25, 0.3) is 0 Å². The van der Waals surface area contributed by atoms with Crippen LogP contribution < -0.4 is 10.2 Å². The van der Waals surface area contributed by atoms with Crippen molar-refractivity contribution in [2.75, 3.05) is 7.11 Å². The van der Waals surface area contributed by atoms with Crippen LogP contribution in [0.1, 0.15) is 15.9 Å². The molecule has 5 nitrogen and oxygen atoms in total. The number of nitrogens with zero attached hydrogens (tertiary/aromatic N) is 1. The second kappa shape index (κ2) is 7.04. The Bertz CT molecular complexity index is 717. The van der Waals surface area contributed by atoms with E-state index in [1.807, 2.05) is 0 Å². The summed E-state index contributed by atoms with van der Waals surface area (Å²) in [6.45, 7) is 0. The summed E-state index contributed by atoms with van der Waals surface area (Å²) in [7, 11) is 1.44. The fraction of sp³-hybridized carbons (Fsp3) is 0.0667. The zero-order chi connectivity index (χ0) is 16.1. The first kappa shape index (κ1) is 16.0. The molecule has 2 N–H and O–H groups in total. The number of hydrazone groups is 1. The third-order valence-corrected chi connectivity index (χ3v) is 3.46. The highest BCUT2D eigenvalue weighted by Crippen LogP contribution is 2.31. The number of hydrogen-bond acceptors (Lipinski definition) is 4. The van der Waals surface area contributed by atoms with Gasteiger partial charge in [-0.1, -0.05) is 0 Å². The summed E-state index contributed by atoms with van der Waals surface area (Å²) < 4.78 is 18.4. The maximum absolute atomic E-state index is 12.8. The van der Waals surface area contributed by atoms with Crippen molar-refractivity contribution < 1.29 is 19.0 Å². The highest BCUT2D eigenvalue weighted by molar-refractivity contribution is 9.10. The van der Waals surface area contributed by atoms with Gasteiger partial charge in [-0.3, -0.25) is 4.79 Å². The SMILES string of the molecule is COc1cc(Br)c(/C=N\NC(=O)c2ccc(F)cc2)cc1O. The third kappa shape index (κ3) is 3.82. The lowest BCUT2D eigenvalue weighted by Crippen LogP contribution is -2.17. The van der Waals surface area contributed by atoms with Crippen LogP contribution >= 0.6 is 15.9 Å². The number of halogens is 2. The van der Waals surface area contributed by atoms with Crippen molar-refractivity contribution >= 4 is 28.1 Å². The fourth-order valence-electron chi connectivity index (χ4n) is 1.65. The number of benzene rings is 2. The molecule has 0 atom stereocenters. The van der Waals surface area contributed by atoms with Crippen molar-refractivity contribution in [3.05, 3.63) is 57.8 Å². The minimum Gasteiger partial charge on any atom is -0.504 e. The Morgan fingerprint density at radius 2 is 2.05 bits per heavy atom. The van der Waals surface area contributed by atoms with Crippen molar-refractivity contribution in [1.29, 1.82) is 0 Å². The first-order chi connectivity index (χ1) is 10.5. The number of carbonyl (C=O) groups is 1. The summed E-state index contributed by atoms with van der Waals surface area (Å²) in [5.41, 5.74) is 3.16. The predicted octanol–water partition coefficient (Wildman–Crippen LogP) is 3.07. The van der Waals surface area contributed by atoms with Gasteiger partial charge >= 0.3 is 0 Å². The van der Waals surface area contributed by atoms with Gasteiger partial charge in [-0.05, 0) is 52.3 Å². The second-order valence-electron chi connectivity index (χ2n) is 4.25. The second-order valence-corrected chi connectivity index (χ2v) is 5.11. The quantitative estimate of drug-likeness (QED) is 0.645. The van der Waals surface area contributed by atoms with Gasteiger partial charge in [-0.15, -0.1) is 0 Å². The molecule has 0 aliphatic heterocycles. The summed E-state index contributed by atoms with van der Waals surface area (Å²) in [6.07, 6.45) is 1.37. The van der Waals surface area contributed by atoms with Gasteiger partial charge in [0.1, 0.15) is 5.82 Å². The molecule has 7 heteroatoms. The summed E-state index contributed by atoms with van der Waals surface area (Å²) in [5, 5.41) is 13.5. The number of methoxy groups -OCH3 is 1. The van der Waals surface area contributed by atoms with E-state index in [9.17, 15) is 14.3 Å². The Labute approximate surface area is 134 Å². The third-order valence-electron chi connectivity index (χ3n) is 2.77. The van der Waals surface area contributed by atoms with Gasteiger partial charge in [0.25, 0.3) is 5.91 Å². The molecule has 0 aromatic heterocycles. The summed E-state index contributed by atoms with van der Waals surface area (Å²) >= 11 is 3.31. The number of hydrogen-bond donors (Lipinski definition) is 2. The van der Waals surface area contributed by atoms with E-state index in [2.05, 4.69) is 26.5 Å². The number of phenolic OH excluding ortho intramolecular Hbond substituents is 1. The molecule has 1 amide bonds. The van der Waals surface area contributed by atoms with Gasteiger partial charge in [0.05, 0.1) is 13.3 Å². The number of amides is 1. The predicted molar refractivity (Wildman–Crippen MR) is 83.8 cm³/mol. The van der Waals surface area contributed by atoms with Gasteiger partial charge in [-0.2, -0.15) is 5.10 Å². The summed E-state index contributed by atoms with van der Waals surface area (Å²) in [6, 6.07) is 8.12. The van der Waals surface area contributed by atoms with E-state index in [0.29, 0.717) is 15.8 Å². The van der Waals surface area contributed by atoms with Crippen LogP contribution in [-0.2, 0) is 0 Å². The normalized spacial score (nSPS) is 10.7. The molecule has 0 unspecified atom stereocenters. The zero-order valence-electron chi connectivity index (χ0n) is 11.5. The minimum absolute atomic E-state index is 0.0444. The van der Waals surface area contributed by atoms with Crippen molar-refractivity contribution in [2.45, 2.75) is 0 Å². The molecule has 2 aromatic carbocycles. The van der Waals surface area contributed by atoms with Crippen LogP contribution in [0.5, 0.6) is 11.5 Å². The summed E-state index contributed by atoms with van der Waals surface area (Å²) in [5.74, 6) is -0.612. The smallest absolute Gasteiger partial charge is 0.271 e. The fourth-order valence-corrected chi connectivity index (χ4v) is 2.07. The first-order valence-electron chi connectivity index (χ1n) is 6.16. The molecule has 0 radical (unpaired) electrons. The number of ether oxygens (including phenoxy) is 1. The van der Waals surface area contributed by atoms with Crippen molar-refractivity contribution in [2.24, 2.45) is 5.10 Å². The van der Waals surface area contributed by atoms with E-state index in [1.165, 1.54) is 43.7 Å². The molecule has 0 aliphatic rings. The Kier molecular flexibility index (Phi) is 5.11. The number of carbonyl (C=O) groups excluding carboxylic acids is 1. The Morgan fingerprint density at radius 3 is 2.68 bits per heavy atom. The molecule has 22 heavy (non-hydrogen) atoms. The van der Waals surface area contributed by atoms with E-state index >= 15 is 0 Å². The lowest BCUT2D eigenvalue weighted by atomic mass is 10.2. The number of nitrogens with one attached hydrogen (secondary N) is 1. The lowest BCUT2D eigenvalue weighted by Gasteiger charge is -2.06. The molecule has 0 spiro atoms. The van der Waals surface area contributed by atoms with Crippen molar-refractivity contribution in [1.82, 2.24) is 5.43 Å². The molecule has 0 aliphatic carbocycles. The number of phenols is 1. The topological polar surface area (TPSA) is 70.9 Å². The van der Waals surface area contributed by atoms with Crippen LogP contribution in [0.15, 0.2) is 46.0 Å². The Balaban J connectivity index is 2.08. The van der Waals surface area contributed by atoms with Crippen molar-refractivity contribution in [3.8, 4) is 11.5 Å². The molecular weight excluding hydrogens is 355 g/mol. The lowest BCUT2D eigenvalue weighted by molar-refractivity contribution is 0.0955. The van der Waals surface area contributed by atoms with Gasteiger partial charge in [0, 0.05) is 15.6 Å². The zero-order valence-corrected chi connectivity index (χ0v) is 13.1. The average Bonchev–Trinajstić information content (AvgIpc) is 2.50. The van der Waals surface area contributed by atoms with E-state index < -0.39 is 11.7 Å². The van der Waals surface area contributed by atoms with Crippen LogP contribution in [0.3, 0.4) is 0 Å². The van der Waals surface area contributed by atoms with Gasteiger partial charge < -0.3 is 9.84 Å². The standard InChI is InChI=1S/C15H12BrFN2O3/c1-22-14-7-12(16)10(6-13(14)20)8-18-19-15(21)9-2-4-11(17)5-3-9/h2-8,20H,1H3,(H,19,21)/b18-8-. The molecular formula is C15H12BrFN2O3. The van der Waals surface area contributed by atoms with Crippen LogP contribution in [0.2, 0.25) is 0 Å². The largest absolute Gasteiger partial charge is 0.504 e. The van der Waals surface area contributed by atoms with Gasteiger partial charge in [0.2, 0.25) is 0 Å². The molecule has 0 saturated carbocycles. The molecule has 0 bridgehead atoms. The van der Waals surface area contributed by atoms with Crippen LogP contribution in [-0.4, -0.2) is 24.3 Å². The Morgan fingerprint density at radius 1 is 1.36 bits per heavy atom. The van der Waals surface area contributed by atoms with Gasteiger partial charge in [0.15, 0.2) is 11.5 Å². The molecule has 2 aromatic rings. The van der Waals surface area contributed by atoms with Crippen LogP contribution in [0, 0.1) is 5.82 Å². The molecule has 2 rings (SSSR count). The molecule has 114 valence electrons. The van der Waals surface area contributed by atoms with E-state index in [-0.39, 0.29) is 11.3 Å². The van der Waals surface area contributed by atoms with Crippen LogP contribution in [0.4, 0.5) is 4.39 Å². The van der Waals surface area contributed by atoms with E-state index in [1.54, 1.807) is 6.07 Å².